The number of rotatable bonds is 1. The third-order valence-corrected chi connectivity index (χ3v) is 9.08. The summed E-state index contributed by atoms with van der Waals surface area (Å²) in [5.41, 5.74) is 13.4. The van der Waals surface area contributed by atoms with E-state index < -0.39 is 0 Å². The van der Waals surface area contributed by atoms with E-state index in [1.807, 2.05) is 0 Å². The fourth-order valence-electron chi connectivity index (χ4n) is 7.36. The van der Waals surface area contributed by atoms with Gasteiger partial charge in [-0.05, 0) is 76.5 Å². The maximum atomic E-state index is 5.33. The second kappa shape index (κ2) is 7.61. The van der Waals surface area contributed by atoms with Crippen molar-refractivity contribution in [3.05, 3.63) is 139 Å². The average Bonchev–Trinajstić information content (AvgIpc) is 3.70. The first-order chi connectivity index (χ1) is 20.3. The van der Waals surface area contributed by atoms with Gasteiger partial charge in [0.2, 0.25) is 0 Å². The first kappa shape index (κ1) is 21.4. The molecular weight excluding hydrogens is 498 g/mol. The van der Waals surface area contributed by atoms with Crippen molar-refractivity contribution >= 4 is 60.2 Å². The van der Waals surface area contributed by atoms with Crippen molar-refractivity contribution in [3.8, 4) is 16.8 Å². The molecule has 1 aliphatic carbocycles. The molecule has 0 atom stereocenters. The summed E-state index contributed by atoms with van der Waals surface area (Å²) in [6.07, 6.45) is 0.967. The van der Waals surface area contributed by atoms with E-state index >= 15 is 0 Å². The Morgan fingerprint density at radius 1 is 0.512 bits per heavy atom. The van der Waals surface area contributed by atoms with Crippen molar-refractivity contribution in [1.29, 1.82) is 0 Å². The Kier molecular flexibility index (Phi) is 3.98. The van der Waals surface area contributed by atoms with Crippen LogP contribution in [0, 0.1) is 0 Å². The summed E-state index contributed by atoms with van der Waals surface area (Å²) < 4.78 is 4.84. The van der Waals surface area contributed by atoms with Gasteiger partial charge >= 0.3 is 0 Å². The van der Waals surface area contributed by atoms with Crippen LogP contribution in [0.25, 0.3) is 77.0 Å². The number of imidazole rings is 1. The zero-order valence-corrected chi connectivity index (χ0v) is 22.2. The largest absolute Gasteiger partial charge is 0.308 e. The zero-order chi connectivity index (χ0) is 26.7. The van der Waals surface area contributed by atoms with Gasteiger partial charge in [0.25, 0.3) is 0 Å². The molecule has 0 saturated heterocycles. The van der Waals surface area contributed by atoms with Gasteiger partial charge in [0.15, 0.2) is 0 Å². The van der Waals surface area contributed by atoms with Gasteiger partial charge in [-0.15, -0.1) is 0 Å². The summed E-state index contributed by atoms with van der Waals surface area (Å²) in [4.78, 5) is 5.33. The molecule has 9 aromatic rings. The molecular formula is C38H23N3. The predicted octanol–water partition coefficient (Wildman–Crippen LogP) is 9.46. The average molecular weight is 522 g/mol. The van der Waals surface area contributed by atoms with Gasteiger partial charge in [-0.3, -0.25) is 4.40 Å². The predicted molar refractivity (Wildman–Crippen MR) is 170 cm³/mol. The van der Waals surface area contributed by atoms with Crippen LogP contribution in [0.4, 0.5) is 0 Å². The van der Waals surface area contributed by atoms with Gasteiger partial charge in [-0.2, -0.15) is 0 Å². The number of para-hydroxylation sites is 4. The Morgan fingerprint density at radius 3 is 2.20 bits per heavy atom. The van der Waals surface area contributed by atoms with Crippen LogP contribution >= 0.6 is 0 Å². The molecule has 3 heteroatoms. The monoisotopic (exact) mass is 521 g/mol. The fraction of sp³-hybridized carbons (Fsp3) is 0.0263. The van der Waals surface area contributed by atoms with Gasteiger partial charge in [-0.25, -0.2) is 4.98 Å². The minimum Gasteiger partial charge on any atom is -0.308 e. The summed E-state index contributed by atoms with van der Waals surface area (Å²) in [5.74, 6) is 0. The molecule has 0 radical (unpaired) electrons. The number of fused-ring (bicyclic) bond motifs is 15. The van der Waals surface area contributed by atoms with Crippen molar-refractivity contribution in [3.63, 3.8) is 0 Å². The van der Waals surface area contributed by atoms with Crippen LogP contribution in [0.3, 0.4) is 0 Å². The van der Waals surface area contributed by atoms with E-state index in [0.29, 0.717) is 0 Å². The Bertz CT molecular complexity index is 2550. The molecule has 190 valence electrons. The van der Waals surface area contributed by atoms with Crippen LogP contribution in [0.15, 0.2) is 127 Å². The highest BCUT2D eigenvalue weighted by atomic mass is 15.0. The van der Waals surface area contributed by atoms with Gasteiger partial charge in [0.1, 0.15) is 5.65 Å². The number of hydrogen-bond donors (Lipinski definition) is 0. The first-order valence-corrected chi connectivity index (χ1v) is 14.2. The molecule has 0 unspecified atom stereocenters. The number of aromatic nitrogens is 3. The Balaban J connectivity index is 1.50. The van der Waals surface area contributed by atoms with E-state index in [0.717, 1.165) is 28.8 Å². The molecule has 0 spiro atoms. The van der Waals surface area contributed by atoms with Crippen molar-refractivity contribution < 1.29 is 0 Å². The summed E-state index contributed by atoms with van der Waals surface area (Å²) in [5, 5.41) is 6.19. The summed E-state index contributed by atoms with van der Waals surface area (Å²) in [6, 6.07) is 46.4. The molecule has 6 aromatic carbocycles. The molecule has 0 N–H and O–H groups in total. The topological polar surface area (TPSA) is 22.2 Å². The van der Waals surface area contributed by atoms with Crippen LogP contribution < -0.4 is 0 Å². The van der Waals surface area contributed by atoms with Crippen molar-refractivity contribution in [2.24, 2.45) is 0 Å². The number of benzene rings is 6. The van der Waals surface area contributed by atoms with Crippen LogP contribution in [0.5, 0.6) is 0 Å². The Labute approximate surface area is 235 Å². The minimum atomic E-state index is 0.967. The van der Waals surface area contributed by atoms with Crippen LogP contribution in [0.1, 0.15) is 11.1 Å². The molecule has 3 nitrogen and oxygen atoms in total. The molecule has 3 heterocycles. The van der Waals surface area contributed by atoms with Gasteiger partial charge in [-0.1, -0.05) is 84.9 Å². The van der Waals surface area contributed by atoms with Crippen LogP contribution in [-0.4, -0.2) is 14.0 Å². The van der Waals surface area contributed by atoms with E-state index in [1.165, 1.54) is 65.7 Å². The second-order valence-corrected chi connectivity index (χ2v) is 11.2. The molecule has 0 bridgehead atoms. The lowest BCUT2D eigenvalue weighted by Crippen LogP contribution is -1.97. The molecule has 0 amide bonds. The van der Waals surface area contributed by atoms with Gasteiger partial charge in [0.05, 0.1) is 33.0 Å². The second-order valence-electron chi connectivity index (χ2n) is 11.2. The number of hydrogen-bond acceptors (Lipinski definition) is 1. The smallest absolute Gasteiger partial charge is 0.148 e. The quantitative estimate of drug-likeness (QED) is 0.197. The Hall–Kier alpha value is -5.41. The lowest BCUT2D eigenvalue weighted by Gasteiger charge is -2.15. The molecule has 1 aliphatic rings. The third-order valence-electron chi connectivity index (χ3n) is 9.08. The fourth-order valence-corrected chi connectivity index (χ4v) is 7.36. The van der Waals surface area contributed by atoms with E-state index in [-0.39, 0.29) is 0 Å². The lowest BCUT2D eigenvalue weighted by atomic mass is 9.98. The summed E-state index contributed by atoms with van der Waals surface area (Å²) in [6.45, 7) is 0. The first-order valence-electron chi connectivity index (χ1n) is 14.2. The van der Waals surface area contributed by atoms with Crippen LogP contribution in [0.2, 0.25) is 0 Å². The van der Waals surface area contributed by atoms with Crippen molar-refractivity contribution in [1.82, 2.24) is 14.0 Å². The zero-order valence-electron chi connectivity index (χ0n) is 22.2. The maximum absolute atomic E-state index is 5.33. The van der Waals surface area contributed by atoms with Crippen molar-refractivity contribution in [2.45, 2.75) is 6.42 Å². The third kappa shape index (κ3) is 2.70. The highest BCUT2D eigenvalue weighted by Crippen LogP contribution is 2.45. The molecule has 0 saturated carbocycles. The highest BCUT2D eigenvalue weighted by Gasteiger charge is 2.24. The number of pyridine rings is 1. The Morgan fingerprint density at radius 2 is 1.27 bits per heavy atom. The van der Waals surface area contributed by atoms with Gasteiger partial charge in [0, 0.05) is 21.8 Å². The lowest BCUT2D eigenvalue weighted by molar-refractivity contribution is 1.18. The molecule has 3 aromatic heterocycles. The van der Waals surface area contributed by atoms with E-state index in [2.05, 4.69) is 136 Å². The molecule has 41 heavy (non-hydrogen) atoms. The molecule has 10 rings (SSSR count). The molecule has 0 aliphatic heterocycles. The standard InChI is InChI=1S/C38H23N3/c1-2-11-25(12-3-1)40-33-16-8-6-14-27(33)29-19-18-28-31-22-30-24(20-23-10-4-5-13-26(23)30)21-35(31)41-34-17-9-7-15-32(34)39-38(41)36(28)37(29)40/h1-19,21-22H,20H2. The van der Waals surface area contributed by atoms with Crippen molar-refractivity contribution in [2.75, 3.05) is 0 Å². The summed E-state index contributed by atoms with van der Waals surface area (Å²) in [7, 11) is 0. The van der Waals surface area contributed by atoms with E-state index in [9.17, 15) is 0 Å². The minimum absolute atomic E-state index is 0.967. The number of nitrogens with zero attached hydrogens (tertiary/aromatic N) is 3. The molecule has 0 fully saturated rings. The maximum Gasteiger partial charge on any atom is 0.148 e. The normalized spacial score (nSPS) is 12.8. The van der Waals surface area contributed by atoms with E-state index in [1.54, 1.807) is 0 Å². The van der Waals surface area contributed by atoms with Crippen LogP contribution in [-0.2, 0) is 6.42 Å². The van der Waals surface area contributed by atoms with Gasteiger partial charge < -0.3 is 4.57 Å². The summed E-state index contributed by atoms with van der Waals surface area (Å²) >= 11 is 0. The van der Waals surface area contributed by atoms with E-state index in [4.69, 9.17) is 4.98 Å². The SMILES string of the molecule is c1ccc(-n2c3ccccc3c3ccc4c5cc6c(cc5n5c7ccccc7nc5c4c32)Cc2ccccc2-6)cc1. The highest BCUT2D eigenvalue weighted by molar-refractivity contribution is 6.27.